The van der Waals surface area contributed by atoms with Gasteiger partial charge in [-0.05, 0) is 31.0 Å². The van der Waals surface area contributed by atoms with Crippen LogP contribution in [0.1, 0.15) is 27.2 Å². The standard InChI is InChI=1S/C17H23ClF2N4O2S2/c1-17(2,3)7-10(21-4)8-22-13-6-12(19)14(5-11(13)18)28(25,26)24-16-23-9-15(20)27-16/h5-6,9-10,21-22H,7-8H2,1-4H3,(H,23,24). The summed E-state index contributed by atoms with van der Waals surface area (Å²) in [5.74, 6) is -0.978. The number of sulfonamides is 1. The number of nitrogens with zero attached hydrogens (tertiary/aromatic N) is 1. The second-order valence-electron chi connectivity index (χ2n) is 7.47. The lowest BCUT2D eigenvalue weighted by atomic mass is 9.88. The van der Waals surface area contributed by atoms with Gasteiger partial charge in [0.05, 0.1) is 16.9 Å². The third-order valence-corrected chi connectivity index (χ3v) is 6.31. The van der Waals surface area contributed by atoms with Crippen LogP contribution in [0.3, 0.4) is 0 Å². The van der Waals surface area contributed by atoms with Gasteiger partial charge in [0.25, 0.3) is 10.0 Å². The number of thiazole rings is 1. The summed E-state index contributed by atoms with van der Waals surface area (Å²) in [6.07, 6.45) is 1.74. The number of hydrogen-bond donors (Lipinski definition) is 3. The van der Waals surface area contributed by atoms with Crippen LogP contribution in [0, 0.1) is 16.4 Å². The van der Waals surface area contributed by atoms with Crippen LogP contribution >= 0.6 is 22.9 Å². The normalized spacial score (nSPS) is 13.4. The van der Waals surface area contributed by atoms with Crippen molar-refractivity contribution >= 4 is 43.8 Å². The SMILES string of the molecule is CNC(CNc1cc(F)c(S(=O)(=O)Nc2ncc(F)s2)cc1Cl)CC(C)(C)C. The van der Waals surface area contributed by atoms with Crippen molar-refractivity contribution in [2.45, 2.75) is 38.1 Å². The highest BCUT2D eigenvalue weighted by molar-refractivity contribution is 7.93. The van der Waals surface area contributed by atoms with Gasteiger partial charge in [0, 0.05) is 12.6 Å². The summed E-state index contributed by atoms with van der Waals surface area (Å²) in [6.45, 7) is 6.83. The number of hydrogen-bond acceptors (Lipinski definition) is 6. The number of aromatic nitrogens is 1. The van der Waals surface area contributed by atoms with Crippen LogP contribution in [0.2, 0.25) is 5.02 Å². The molecule has 0 aliphatic heterocycles. The van der Waals surface area contributed by atoms with Gasteiger partial charge in [0.2, 0.25) is 0 Å². The van der Waals surface area contributed by atoms with Gasteiger partial charge in [-0.1, -0.05) is 43.7 Å². The molecule has 0 spiro atoms. The third kappa shape index (κ3) is 6.26. The molecule has 1 atom stereocenters. The lowest BCUT2D eigenvalue weighted by Gasteiger charge is -2.26. The van der Waals surface area contributed by atoms with E-state index in [0.717, 1.165) is 24.8 Å². The zero-order valence-corrected chi connectivity index (χ0v) is 18.3. The van der Waals surface area contributed by atoms with E-state index >= 15 is 0 Å². The van der Waals surface area contributed by atoms with Crippen molar-refractivity contribution in [2.24, 2.45) is 5.41 Å². The molecule has 0 radical (unpaired) electrons. The maximum atomic E-state index is 14.5. The number of rotatable bonds is 8. The highest BCUT2D eigenvalue weighted by Crippen LogP contribution is 2.30. The largest absolute Gasteiger partial charge is 0.382 e. The molecule has 11 heteroatoms. The lowest BCUT2D eigenvalue weighted by Crippen LogP contribution is -2.36. The quantitative estimate of drug-likeness (QED) is 0.555. The van der Waals surface area contributed by atoms with E-state index in [2.05, 4.69) is 36.4 Å². The number of halogens is 3. The van der Waals surface area contributed by atoms with E-state index in [-0.39, 0.29) is 27.3 Å². The predicted molar refractivity (Wildman–Crippen MR) is 110 cm³/mol. The average molecular weight is 453 g/mol. The molecule has 1 aromatic carbocycles. The summed E-state index contributed by atoms with van der Waals surface area (Å²) in [6, 6.07) is 2.16. The van der Waals surface area contributed by atoms with Crippen LogP contribution in [0.5, 0.6) is 0 Å². The van der Waals surface area contributed by atoms with Gasteiger partial charge in [0.1, 0.15) is 10.7 Å². The molecule has 0 aliphatic carbocycles. The monoisotopic (exact) mass is 452 g/mol. The summed E-state index contributed by atoms with van der Waals surface area (Å²) in [5, 5.41) is 5.43. The highest BCUT2D eigenvalue weighted by atomic mass is 35.5. The molecule has 0 saturated heterocycles. The summed E-state index contributed by atoms with van der Waals surface area (Å²) in [7, 11) is -2.46. The lowest BCUT2D eigenvalue weighted by molar-refractivity contribution is 0.323. The maximum absolute atomic E-state index is 14.5. The van der Waals surface area contributed by atoms with Crippen LogP contribution < -0.4 is 15.4 Å². The van der Waals surface area contributed by atoms with Gasteiger partial charge < -0.3 is 10.6 Å². The van der Waals surface area contributed by atoms with E-state index in [9.17, 15) is 17.2 Å². The Balaban J connectivity index is 2.17. The van der Waals surface area contributed by atoms with Crippen molar-refractivity contribution in [3.05, 3.63) is 34.3 Å². The minimum atomic E-state index is -4.30. The van der Waals surface area contributed by atoms with E-state index in [0.29, 0.717) is 17.9 Å². The van der Waals surface area contributed by atoms with Crippen molar-refractivity contribution in [1.29, 1.82) is 0 Å². The second kappa shape index (κ2) is 8.89. The van der Waals surface area contributed by atoms with Crippen molar-refractivity contribution in [3.63, 3.8) is 0 Å². The molecular formula is C17H23ClF2N4O2S2. The van der Waals surface area contributed by atoms with Crippen LogP contribution in [-0.4, -0.2) is 33.0 Å². The molecule has 1 unspecified atom stereocenters. The number of likely N-dealkylation sites (N-methyl/N-ethyl adjacent to an activating group) is 1. The Morgan fingerprint density at radius 1 is 1.29 bits per heavy atom. The first-order chi connectivity index (χ1) is 12.9. The summed E-state index contributed by atoms with van der Waals surface area (Å²) < 4.78 is 54.3. The number of anilines is 2. The Bertz CT molecular complexity index is 930. The Labute approximate surface area is 172 Å². The molecule has 2 aromatic rings. The second-order valence-corrected chi connectivity index (χ2v) is 10.5. The highest BCUT2D eigenvalue weighted by Gasteiger charge is 2.23. The minimum absolute atomic E-state index is 0.0534. The molecule has 2 rings (SSSR count). The minimum Gasteiger partial charge on any atom is -0.382 e. The molecule has 3 N–H and O–H groups in total. The Morgan fingerprint density at radius 3 is 2.50 bits per heavy atom. The van der Waals surface area contributed by atoms with Crippen molar-refractivity contribution < 1.29 is 17.2 Å². The topological polar surface area (TPSA) is 83.1 Å². The fourth-order valence-electron chi connectivity index (χ4n) is 2.59. The molecule has 0 saturated carbocycles. The molecule has 6 nitrogen and oxygen atoms in total. The number of nitrogens with one attached hydrogen (secondary N) is 3. The molecule has 0 fully saturated rings. The number of benzene rings is 1. The zero-order chi connectivity index (χ0) is 21.1. The fourth-order valence-corrected chi connectivity index (χ4v) is 4.76. The smallest absolute Gasteiger partial charge is 0.266 e. The zero-order valence-electron chi connectivity index (χ0n) is 15.9. The van der Waals surface area contributed by atoms with E-state index in [1.54, 1.807) is 0 Å². The van der Waals surface area contributed by atoms with Crippen molar-refractivity contribution in [3.8, 4) is 0 Å². The predicted octanol–water partition coefficient (Wildman–Crippen LogP) is 4.31. The summed E-state index contributed by atoms with van der Waals surface area (Å²) >= 11 is 6.66. The van der Waals surface area contributed by atoms with Gasteiger partial charge >= 0.3 is 0 Å². The first-order valence-corrected chi connectivity index (χ1v) is 11.1. The molecule has 0 bridgehead atoms. The molecule has 0 aliphatic rings. The van der Waals surface area contributed by atoms with Gasteiger partial charge in [-0.15, -0.1) is 0 Å². The summed E-state index contributed by atoms with van der Waals surface area (Å²) in [4.78, 5) is 2.92. The third-order valence-electron chi connectivity index (χ3n) is 3.82. The van der Waals surface area contributed by atoms with Crippen LogP contribution in [0.15, 0.2) is 23.2 Å². The molecular weight excluding hydrogens is 430 g/mol. The molecule has 0 amide bonds. The van der Waals surface area contributed by atoms with Crippen LogP contribution in [-0.2, 0) is 10.0 Å². The Hall–Kier alpha value is -1.49. The van der Waals surface area contributed by atoms with E-state index < -0.39 is 25.9 Å². The first-order valence-electron chi connectivity index (χ1n) is 8.45. The fraction of sp³-hybridized carbons (Fsp3) is 0.471. The van der Waals surface area contributed by atoms with Gasteiger partial charge in [-0.25, -0.2) is 17.8 Å². The Morgan fingerprint density at radius 2 is 1.96 bits per heavy atom. The molecule has 1 aromatic heterocycles. The molecule has 156 valence electrons. The molecule has 1 heterocycles. The van der Waals surface area contributed by atoms with Crippen LogP contribution in [0.4, 0.5) is 19.6 Å². The van der Waals surface area contributed by atoms with Crippen molar-refractivity contribution in [1.82, 2.24) is 10.3 Å². The van der Waals surface area contributed by atoms with Gasteiger partial charge in [-0.2, -0.15) is 4.39 Å². The molecule has 28 heavy (non-hydrogen) atoms. The van der Waals surface area contributed by atoms with Crippen molar-refractivity contribution in [2.75, 3.05) is 23.6 Å². The Kier molecular flexibility index (Phi) is 7.24. The van der Waals surface area contributed by atoms with Gasteiger partial charge in [0.15, 0.2) is 10.3 Å². The first kappa shape index (κ1) is 22.8. The maximum Gasteiger partial charge on any atom is 0.266 e. The summed E-state index contributed by atoms with van der Waals surface area (Å²) in [5.41, 5.74) is 0.385. The van der Waals surface area contributed by atoms with Gasteiger partial charge in [-0.3, -0.25) is 4.72 Å². The van der Waals surface area contributed by atoms with E-state index in [4.69, 9.17) is 11.6 Å². The van der Waals surface area contributed by atoms with E-state index in [1.807, 2.05) is 11.8 Å². The average Bonchev–Trinajstić information content (AvgIpc) is 2.96. The van der Waals surface area contributed by atoms with E-state index in [1.165, 1.54) is 0 Å². The van der Waals surface area contributed by atoms with Crippen LogP contribution in [0.25, 0.3) is 0 Å².